The van der Waals surface area contributed by atoms with Gasteiger partial charge in [0.25, 0.3) is 0 Å². The van der Waals surface area contributed by atoms with Crippen LogP contribution >= 0.6 is 0 Å². The van der Waals surface area contributed by atoms with E-state index in [1.807, 2.05) is 0 Å². The first kappa shape index (κ1) is 16.2. The van der Waals surface area contributed by atoms with Gasteiger partial charge in [0.1, 0.15) is 6.29 Å². The molecule has 0 spiro atoms. The quantitative estimate of drug-likeness (QED) is 0.330. The van der Waals surface area contributed by atoms with Crippen molar-refractivity contribution >= 4 is 12.3 Å². The van der Waals surface area contributed by atoms with Crippen molar-refractivity contribution in [2.75, 3.05) is 19.8 Å². The minimum absolute atomic E-state index is 0.0174. The Morgan fingerprint density at radius 1 is 1.20 bits per heavy atom. The summed E-state index contributed by atoms with van der Waals surface area (Å²) in [6.07, 6.45) is 1.39. The largest absolute Gasteiger partial charge is 0.478 e. The second kappa shape index (κ2) is 9.32. The molecular formula is C9H16O6. The van der Waals surface area contributed by atoms with Crippen molar-refractivity contribution in [2.24, 2.45) is 5.41 Å². The number of hydrogen-bond acceptors (Lipinski definition) is 5. The monoisotopic (exact) mass is 220 g/mol. The maximum absolute atomic E-state index is 9.96. The highest BCUT2D eigenvalue weighted by Crippen LogP contribution is 2.17. The van der Waals surface area contributed by atoms with E-state index >= 15 is 0 Å². The predicted octanol–water partition coefficient (Wildman–Crippen LogP) is -1.20. The van der Waals surface area contributed by atoms with Crippen LogP contribution in [-0.2, 0) is 9.59 Å². The molecule has 0 aliphatic rings. The molecule has 0 heterocycles. The van der Waals surface area contributed by atoms with Gasteiger partial charge in [-0.05, 0) is 0 Å². The SMILES string of the molecule is C=CC(=O)O.O=CCC(CO)(CO)CO. The van der Waals surface area contributed by atoms with E-state index in [1.54, 1.807) is 0 Å². The molecule has 0 aromatic heterocycles. The van der Waals surface area contributed by atoms with Crippen LogP contribution < -0.4 is 0 Å². The van der Waals surface area contributed by atoms with Crippen LogP contribution in [0.1, 0.15) is 6.42 Å². The number of aliphatic carboxylic acids is 1. The third-order valence-electron chi connectivity index (χ3n) is 1.70. The lowest BCUT2D eigenvalue weighted by Gasteiger charge is -2.23. The summed E-state index contributed by atoms with van der Waals surface area (Å²) in [5.41, 5.74) is -1.03. The van der Waals surface area contributed by atoms with Crippen LogP contribution in [0.25, 0.3) is 0 Å². The Kier molecular flexibility index (Phi) is 10.1. The Labute approximate surface area is 87.5 Å². The minimum Gasteiger partial charge on any atom is -0.478 e. The van der Waals surface area contributed by atoms with Gasteiger partial charge in [-0.1, -0.05) is 6.58 Å². The molecule has 88 valence electrons. The van der Waals surface area contributed by atoms with Crippen molar-refractivity contribution < 1.29 is 30.0 Å². The molecule has 0 amide bonds. The summed E-state index contributed by atoms with van der Waals surface area (Å²) in [5, 5.41) is 33.5. The molecule has 0 aliphatic heterocycles. The standard InChI is InChI=1S/C6H12O4.C3H4O2/c7-2-1-6(3-8,4-9)5-10;1-2-3(4)5/h2,8-10H,1,3-5H2;2H,1H2,(H,4,5). The Balaban J connectivity index is 0. The number of carbonyl (C=O) groups excluding carboxylic acids is 1. The number of hydrogen-bond donors (Lipinski definition) is 4. The molecule has 0 aromatic rings. The van der Waals surface area contributed by atoms with Gasteiger partial charge in [0.15, 0.2) is 0 Å². The van der Waals surface area contributed by atoms with Crippen LogP contribution in [0.3, 0.4) is 0 Å². The number of aliphatic hydroxyl groups excluding tert-OH is 3. The third-order valence-corrected chi connectivity index (χ3v) is 1.70. The number of carboxylic acids is 1. The summed E-state index contributed by atoms with van der Waals surface area (Å²) in [4.78, 5) is 19.2. The van der Waals surface area contributed by atoms with E-state index in [0.29, 0.717) is 6.29 Å². The van der Waals surface area contributed by atoms with Gasteiger partial charge in [0.2, 0.25) is 0 Å². The van der Waals surface area contributed by atoms with E-state index in [2.05, 4.69) is 6.58 Å². The van der Waals surface area contributed by atoms with E-state index in [0.717, 1.165) is 6.08 Å². The van der Waals surface area contributed by atoms with Crippen molar-refractivity contribution in [2.45, 2.75) is 6.42 Å². The van der Waals surface area contributed by atoms with Crippen LogP contribution in [0, 0.1) is 5.41 Å². The van der Waals surface area contributed by atoms with E-state index in [-0.39, 0.29) is 26.2 Å². The molecule has 0 unspecified atom stereocenters. The maximum Gasteiger partial charge on any atom is 0.327 e. The Morgan fingerprint density at radius 2 is 1.53 bits per heavy atom. The summed E-state index contributed by atoms with van der Waals surface area (Å²) < 4.78 is 0. The van der Waals surface area contributed by atoms with Crippen molar-refractivity contribution in [3.63, 3.8) is 0 Å². The lowest BCUT2D eigenvalue weighted by atomic mass is 9.88. The Morgan fingerprint density at radius 3 is 1.60 bits per heavy atom. The molecular weight excluding hydrogens is 204 g/mol. The highest BCUT2D eigenvalue weighted by molar-refractivity contribution is 5.78. The van der Waals surface area contributed by atoms with Crippen LogP contribution in [0.2, 0.25) is 0 Å². The van der Waals surface area contributed by atoms with Gasteiger partial charge < -0.3 is 25.2 Å². The predicted molar refractivity (Wildman–Crippen MR) is 52.2 cm³/mol. The van der Waals surface area contributed by atoms with Crippen molar-refractivity contribution in [1.82, 2.24) is 0 Å². The molecule has 0 fully saturated rings. The lowest BCUT2D eigenvalue weighted by Crippen LogP contribution is -2.34. The highest BCUT2D eigenvalue weighted by Gasteiger charge is 2.27. The molecule has 0 saturated heterocycles. The topological polar surface area (TPSA) is 115 Å². The van der Waals surface area contributed by atoms with Gasteiger partial charge in [-0.3, -0.25) is 0 Å². The van der Waals surface area contributed by atoms with E-state index in [4.69, 9.17) is 20.4 Å². The molecule has 6 heteroatoms. The van der Waals surface area contributed by atoms with E-state index in [1.165, 1.54) is 0 Å². The lowest BCUT2D eigenvalue weighted by molar-refractivity contribution is -0.131. The first-order chi connectivity index (χ1) is 7.01. The number of aldehydes is 1. The average Bonchev–Trinajstić information content (AvgIpc) is 2.27. The molecule has 0 aliphatic carbocycles. The highest BCUT2D eigenvalue weighted by atomic mass is 16.4. The van der Waals surface area contributed by atoms with Crippen molar-refractivity contribution in [1.29, 1.82) is 0 Å². The van der Waals surface area contributed by atoms with Gasteiger partial charge in [0, 0.05) is 17.9 Å². The fourth-order valence-corrected chi connectivity index (χ4v) is 0.520. The summed E-state index contributed by atoms with van der Waals surface area (Å²) in [5.74, 6) is -0.981. The van der Waals surface area contributed by atoms with Gasteiger partial charge in [-0.2, -0.15) is 0 Å². The maximum atomic E-state index is 9.96. The summed E-state index contributed by atoms with van der Waals surface area (Å²) in [7, 11) is 0. The Bertz CT molecular complexity index is 189. The molecule has 15 heavy (non-hydrogen) atoms. The molecule has 0 aromatic carbocycles. The number of rotatable bonds is 6. The fourth-order valence-electron chi connectivity index (χ4n) is 0.520. The molecule has 0 saturated carbocycles. The van der Waals surface area contributed by atoms with Crippen LogP contribution in [-0.4, -0.2) is 52.5 Å². The number of carbonyl (C=O) groups is 2. The van der Waals surface area contributed by atoms with Crippen LogP contribution in [0.5, 0.6) is 0 Å². The van der Waals surface area contributed by atoms with Crippen LogP contribution in [0.4, 0.5) is 0 Å². The van der Waals surface area contributed by atoms with E-state index in [9.17, 15) is 9.59 Å². The zero-order chi connectivity index (χ0) is 12.3. The second-order valence-electron chi connectivity index (χ2n) is 2.89. The summed E-state index contributed by atoms with van der Waals surface area (Å²) in [6, 6.07) is 0. The summed E-state index contributed by atoms with van der Waals surface area (Å²) in [6.45, 7) is 1.83. The first-order valence-electron chi connectivity index (χ1n) is 4.13. The molecule has 4 N–H and O–H groups in total. The molecule has 0 radical (unpaired) electrons. The van der Waals surface area contributed by atoms with E-state index < -0.39 is 11.4 Å². The zero-order valence-electron chi connectivity index (χ0n) is 8.30. The molecule has 6 nitrogen and oxygen atoms in total. The summed E-state index contributed by atoms with van der Waals surface area (Å²) >= 11 is 0. The average molecular weight is 220 g/mol. The van der Waals surface area contributed by atoms with Crippen molar-refractivity contribution in [3.05, 3.63) is 12.7 Å². The van der Waals surface area contributed by atoms with Crippen LogP contribution in [0.15, 0.2) is 12.7 Å². The molecule has 0 bridgehead atoms. The third kappa shape index (κ3) is 7.80. The molecule has 0 atom stereocenters. The second-order valence-corrected chi connectivity index (χ2v) is 2.89. The van der Waals surface area contributed by atoms with Gasteiger partial charge in [-0.15, -0.1) is 0 Å². The normalized spacial score (nSPS) is 9.80. The first-order valence-corrected chi connectivity index (χ1v) is 4.13. The fraction of sp³-hybridized carbons (Fsp3) is 0.556. The zero-order valence-corrected chi connectivity index (χ0v) is 8.30. The van der Waals surface area contributed by atoms with Gasteiger partial charge >= 0.3 is 5.97 Å². The smallest absolute Gasteiger partial charge is 0.327 e. The number of aliphatic hydroxyl groups is 3. The number of carboxylic acid groups (broad SMARTS) is 1. The van der Waals surface area contributed by atoms with Gasteiger partial charge in [-0.25, -0.2) is 4.79 Å². The van der Waals surface area contributed by atoms with Crippen molar-refractivity contribution in [3.8, 4) is 0 Å². The van der Waals surface area contributed by atoms with Gasteiger partial charge in [0.05, 0.1) is 19.8 Å². The minimum atomic E-state index is -1.03. The Hall–Kier alpha value is -1.24. The molecule has 0 rings (SSSR count).